The van der Waals surface area contributed by atoms with Crippen LogP contribution in [0.3, 0.4) is 0 Å². The van der Waals surface area contributed by atoms with Crippen molar-refractivity contribution in [1.29, 1.82) is 0 Å². The van der Waals surface area contributed by atoms with Crippen molar-refractivity contribution < 1.29 is 19.7 Å². The summed E-state index contributed by atoms with van der Waals surface area (Å²) in [7, 11) is 0. The van der Waals surface area contributed by atoms with Gasteiger partial charge in [-0.15, -0.1) is 0 Å². The molecule has 6 nitrogen and oxygen atoms in total. The summed E-state index contributed by atoms with van der Waals surface area (Å²) in [6, 6.07) is 3.19. The Bertz CT molecular complexity index is 490. The van der Waals surface area contributed by atoms with Crippen LogP contribution >= 0.6 is 0 Å². The molecule has 1 aliphatic heterocycles. The lowest BCUT2D eigenvalue weighted by atomic mass is 10.1. The summed E-state index contributed by atoms with van der Waals surface area (Å²) in [5, 5.41) is 18.4. The van der Waals surface area contributed by atoms with Gasteiger partial charge in [-0.25, -0.2) is 9.78 Å². The first-order valence-corrected chi connectivity index (χ1v) is 6.74. The van der Waals surface area contributed by atoms with Crippen molar-refractivity contribution >= 4 is 11.8 Å². The highest BCUT2D eigenvalue weighted by Gasteiger charge is 2.22. The minimum absolute atomic E-state index is 0.0494. The van der Waals surface area contributed by atoms with E-state index in [1.54, 1.807) is 12.1 Å². The number of carbonyl (C=O) groups is 1. The molecule has 1 aromatic rings. The van der Waals surface area contributed by atoms with Crippen molar-refractivity contribution in [1.82, 2.24) is 4.98 Å². The van der Waals surface area contributed by atoms with Crippen LogP contribution in [-0.4, -0.2) is 53.6 Å². The minimum Gasteiger partial charge on any atom is -0.478 e. The maximum atomic E-state index is 11.2. The van der Waals surface area contributed by atoms with Gasteiger partial charge >= 0.3 is 5.97 Å². The predicted octanol–water partition coefficient (Wildman–Crippen LogP) is 1.10. The molecule has 1 aromatic heterocycles. The first kappa shape index (κ1) is 14.7. The Morgan fingerprint density at radius 2 is 2.30 bits per heavy atom. The monoisotopic (exact) mass is 280 g/mol. The molecule has 2 heterocycles. The van der Waals surface area contributed by atoms with Gasteiger partial charge in [0.05, 0.1) is 24.9 Å². The van der Waals surface area contributed by atoms with Crippen LogP contribution in [0.2, 0.25) is 0 Å². The number of morpholine rings is 1. The number of carboxylic acids is 1. The van der Waals surface area contributed by atoms with E-state index in [0.29, 0.717) is 25.5 Å². The van der Waals surface area contributed by atoms with Crippen molar-refractivity contribution in [3.8, 4) is 0 Å². The van der Waals surface area contributed by atoms with Crippen molar-refractivity contribution in [3.63, 3.8) is 0 Å². The molecule has 0 bridgehead atoms. The maximum absolute atomic E-state index is 11.2. The topological polar surface area (TPSA) is 82.9 Å². The normalized spacial score (nSPS) is 19.4. The first-order valence-electron chi connectivity index (χ1n) is 6.74. The number of rotatable bonds is 4. The number of aliphatic hydroxyl groups is 1. The number of hydrogen-bond donors (Lipinski definition) is 2. The number of anilines is 1. The highest BCUT2D eigenvalue weighted by molar-refractivity contribution is 5.88. The van der Waals surface area contributed by atoms with Gasteiger partial charge in [0.1, 0.15) is 5.82 Å². The molecule has 1 atom stereocenters. The first-order chi connectivity index (χ1) is 9.51. The third-order valence-corrected chi connectivity index (χ3v) is 3.34. The zero-order valence-electron chi connectivity index (χ0n) is 11.7. The van der Waals surface area contributed by atoms with E-state index >= 15 is 0 Å². The van der Waals surface area contributed by atoms with Crippen LogP contribution < -0.4 is 4.90 Å². The average molecular weight is 280 g/mol. The lowest BCUT2D eigenvalue weighted by Gasteiger charge is -2.33. The summed E-state index contributed by atoms with van der Waals surface area (Å²) in [5.74, 6) is -0.166. The van der Waals surface area contributed by atoms with E-state index in [1.807, 2.05) is 18.7 Å². The second-order valence-corrected chi connectivity index (χ2v) is 5.22. The summed E-state index contributed by atoms with van der Waals surface area (Å²) in [5.41, 5.74) is 0.998. The summed E-state index contributed by atoms with van der Waals surface area (Å²) >= 11 is 0. The molecule has 0 saturated carbocycles. The zero-order chi connectivity index (χ0) is 14.7. The number of aliphatic hydroxyl groups excluding tert-OH is 1. The van der Waals surface area contributed by atoms with Crippen molar-refractivity contribution in [3.05, 3.63) is 23.4 Å². The standard InChI is InChI=1S/C14H20N2O4/c1-9(2)12-5-10(14(18)19)6-13(15-12)16-3-4-20-11(7-16)8-17/h5-6,9,11,17H,3-4,7-8H2,1-2H3,(H,18,19). The number of aromatic carboxylic acids is 1. The van der Waals surface area contributed by atoms with Crippen molar-refractivity contribution in [2.75, 3.05) is 31.2 Å². The molecule has 1 fully saturated rings. The van der Waals surface area contributed by atoms with Crippen LogP contribution in [0.25, 0.3) is 0 Å². The van der Waals surface area contributed by atoms with Gasteiger partial charge in [-0.3, -0.25) is 0 Å². The minimum atomic E-state index is -0.956. The highest BCUT2D eigenvalue weighted by Crippen LogP contribution is 2.22. The van der Waals surface area contributed by atoms with Gasteiger partial charge in [-0.1, -0.05) is 13.8 Å². The third kappa shape index (κ3) is 3.26. The largest absolute Gasteiger partial charge is 0.478 e. The fourth-order valence-corrected chi connectivity index (χ4v) is 2.16. The molecule has 0 spiro atoms. The van der Waals surface area contributed by atoms with E-state index in [-0.39, 0.29) is 24.2 Å². The number of ether oxygens (including phenoxy) is 1. The van der Waals surface area contributed by atoms with E-state index in [1.165, 1.54) is 0 Å². The molecule has 1 saturated heterocycles. The molecule has 1 unspecified atom stereocenters. The molecule has 0 amide bonds. The SMILES string of the molecule is CC(C)c1cc(C(=O)O)cc(N2CCOC(CO)C2)n1. The van der Waals surface area contributed by atoms with E-state index in [2.05, 4.69) is 4.98 Å². The molecule has 110 valence electrons. The molecule has 2 N–H and O–H groups in total. The zero-order valence-corrected chi connectivity index (χ0v) is 11.7. The van der Waals surface area contributed by atoms with E-state index < -0.39 is 5.97 Å². The van der Waals surface area contributed by atoms with Gasteiger partial charge in [0.15, 0.2) is 0 Å². The van der Waals surface area contributed by atoms with Gasteiger partial charge < -0.3 is 19.8 Å². The van der Waals surface area contributed by atoms with Gasteiger partial charge in [-0.05, 0) is 18.1 Å². The Morgan fingerprint density at radius 1 is 1.55 bits per heavy atom. The molecule has 20 heavy (non-hydrogen) atoms. The van der Waals surface area contributed by atoms with Crippen LogP contribution in [0.5, 0.6) is 0 Å². The number of pyridine rings is 1. The lowest BCUT2D eigenvalue weighted by molar-refractivity contribution is 0.00335. The molecule has 0 aromatic carbocycles. The summed E-state index contributed by atoms with van der Waals surface area (Å²) in [4.78, 5) is 17.7. The van der Waals surface area contributed by atoms with E-state index in [9.17, 15) is 15.0 Å². The number of aromatic nitrogens is 1. The Balaban J connectivity index is 2.32. The smallest absolute Gasteiger partial charge is 0.335 e. The Morgan fingerprint density at radius 3 is 2.90 bits per heavy atom. The number of hydrogen-bond acceptors (Lipinski definition) is 5. The van der Waals surface area contributed by atoms with E-state index in [4.69, 9.17) is 4.74 Å². The van der Waals surface area contributed by atoms with Crippen LogP contribution in [0.15, 0.2) is 12.1 Å². The molecule has 1 aliphatic rings. The van der Waals surface area contributed by atoms with Crippen LogP contribution in [0.1, 0.15) is 35.8 Å². The van der Waals surface area contributed by atoms with Gasteiger partial charge in [0.2, 0.25) is 0 Å². The van der Waals surface area contributed by atoms with Crippen LogP contribution in [0, 0.1) is 0 Å². The quantitative estimate of drug-likeness (QED) is 0.859. The second-order valence-electron chi connectivity index (χ2n) is 5.22. The third-order valence-electron chi connectivity index (χ3n) is 3.34. The molecule has 6 heteroatoms. The Kier molecular flexibility index (Phi) is 4.57. The van der Waals surface area contributed by atoms with Crippen molar-refractivity contribution in [2.45, 2.75) is 25.9 Å². The Hall–Kier alpha value is -1.66. The van der Waals surface area contributed by atoms with Gasteiger partial charge in [-0.2, -0.15) is 0 Å². The highest BCUT2D eigenvalue weighted by atomic mass is 16.5. The molecule has 0 radical (unpaired) electrons. The molecule has 0 aliphatic carbocycles. The number of nitrogens with zero attached hydrogens (tertiary/aromatic N) is 2. The lowest BCUT2D eigenvalue weighted by Crippen LogP contribution is -2.44. The molecular weight excluding hydrogens is 260 g/mol. The van der Waals surface area contributed by atoms with E-state index in [0.717, 1.165) is 5.69 Å². The van der Waals surface area contributed by atoms with Crippen molar-refractivity contribution in [2.24, 2.45) is 0 Å². The maximum Gasteiger partial charge on any atom is 0.335 e. The van der Waals surface area contributed by atoms with Gasteiger partial charge in [0.25, 0.3) is 0 Å². The van der Waals surface area contributed by atoms with Gasteiger partial charge in [0, 0.05) is 18.8 Å². The summed E-state index contributed by atoms with van der Waals surface area (Å²) < 4.78 is 5.40. The van der Waals surface area contributed by atoms with Crippen LogP contribution in [0.4, 0.5) is 5.82 Å². The average Bonchev–Trinajstić information content (AvgIpc) is 2.46. The fourth-order valence-electron chi connectivity index (χ4n) is 2.16. The predicted molar refractivity (Wildman–Crippen MR) is 74.3 cm³/mol. The van der Waals surface area contributed by atoms with Crippen LogP contribution in [-0.2, 0) is 4.74 Å². The molecule has 2 rings (SSSR count). The second kappa shape index (κ2) is 6.19. The Labute approximate surface area is 118 Å². The summed E-state index contributed by atoms with van der Waals surface area (Å²) in [6.45, 7) is 5.57. The molecular formula is C14H20N2O4. The number of carboxylic acid groups (broad SMARTS) is 1. The summed E-state index contributed by atoms with van der Waals surface area (Å²) in [6.07, 6.45) is -0.249. The fraction of sp³-hybridized carbons (Fsp3) is 0.571.